The summed E-state index contributed by atoms with van der Waals surface area (Å²) < 4.78 is 0. The molecule has 1 aromatic carbocycles. The Morgan fingerprint density at radius 3 is 2.47 bits per heavy atom. The zero-order valence-electron chi connectivity index (χ0n) is 10.9. The molecule has 2 rings (SSSR count). The summed E-state index contributed by atoms with van der Waals surface area (Å²) in [5.41, 5.74) is 1.73. The standard InChI is InChI=1S/C15H23NO/c1-3-10-16-11-8-15(17,9-12-16)14-7-5-4-6-13(14)2/h4-7,17H,3,8-12H2,1-2H3. The molecule has 1 heterocycles. The number of likely N-dealkylation sites (tertiary alicyclic amines) is 1. The molecule has 0 radical (unpaired) electrons. The van der Waals surface area contributed by atoms with Crippen LogP contribution in [0.2, 0.25) is 0 Å². The van der Waals surface area contributed by atoms with Gasteiger partial charge in [-0.25, -0.2) is 0 Å². The SMILES string of the molecule is CCCN1CCC(O)(c2ccccc2C)CC1. The number of hydrogen-bond donors (Lipinski definition) is 1. The van der Waals surface area contributed by atoms with E-state index in [0.717, 1.165) is 38.0 Å². The minimum atomic E-state index is -0.602. The van der Waals surface area contributed by atoms with E-state index in [0.29, 0.717) is 0 Å². The topological polar surface area (TPSA) is 23.5 Å². The summed E-state index contributed by atoms with van der Waals surface area (Å²) in [4.78, 5) is 2.45. The second-order valence-electron chi connectivity index (χ2n) is 5.19. The molecule has 0 bridgehead atoms. The molecule has 0 amide bonds. The Kier molecular flexibility index (Phi) is 3.85. The van der Waals surface area contributed by atoms with Gasteiger partial charge in [0.25, 0.3) is 0 Å². The summed E-state index contributed by atoms with van der Waals surface area (Å²) in [7, 11) is 0. The summed E-state index contributed by atoms with van der Waals surface area (Å²) in [5.74, 6) is 0. The summed E-state index contributed by atoms with van der Waals surface area (Å²) in [6.07, 6.45) is 2.92. The first-order chi connectivity index (χ1) is 8.15. The summed E-state index contributed by atoms with van der Waals surface area (Å²) in [6.45, 7) is 7.48. The van der Waals surface area contributed by atoms with E-state index in [4.69, 9.17) is 0 Å². The van der Waals surface area contributed by atoms with Crippen molar-refractivity contribution in [3.05, 3.63) is 35.4 Å². The molecule has 0 aliphatic carbocycles. The number of aliphatic hydroxyl groups is 1. The maximum atomic E-state index is 10.8. The smallest absolute Gasteiger partial charge is 0.0923 e. The average molecular weight is 233 g/mol. The number of benzene rings is 1. The highest BCUT2D eigenvalue weighted by Crippen LogP contribution is 2.34. The van der Waals surface area contributed by atoms with E-state index in [1.54, 1.807) is 0 Å². The number of hydrogen-bond acceptors (Lipinski definition) is 2. The third-order valence-electron chi connectivity index (χ3n) is 3.87. The highest BCUT2D eigenvalue weighted by Gasteiger charge is 2.34. The van der Waals surface area contributed by atoms with E-state index < -0.39 is 5.60 Å². The maximum absolute atomic E-state index is 10.8. The van der Waals surface area contributed by atoms with E-state index in [1.165, 1.54) is 12.0 Å². The fourth-order valence-corrected chi connectivity index (χ4v) is 2.83. The van der Waals surface area contributed by atoms with Crippen LogP contribution in [0.25, 0.3) is 0 Å². The van der Waals surface area contributed by atoms with E-state index >= 15 is 0 Å². The van der Waals surface area contributed by atoms with Gasteiger partial charge in [0, 0.05) is 13.1 Å². The maximum Gasteiger partial charge on any atom is 0.0923 e. The number of nitrogens with zero attached hydrogens (tertiary/aromatic N) is 1. The van der Waals surface area contributed by atoms with Crippen LogP contribution in [0, 0.1) is 6.92 Å². The van der Waals surface area contributed by atoms with Crippen LogP contribution in [-0.4, -0.2) is 29.6 Å². The molecule has 0 spiro atoms. The van der Waals surface area contributed by atoms with Crippen LogP contribution >= 0.6 is 0 Å². The third-order valence-corrected chi connectivity index (χ3v) is 3.87. The van der Waals surface area contributed by atoms with Crippen molar-refractivity contribution in [1.29, 1.82) is 0 Å². The van der Waals surface area contributed by atoms with Gasteiger partial charge >= 0.3 is 0 Å². The van der Waals surface area contributed by atoms with Gasteiger partial charge in [-0.3, -0.25) is 0 Å². The van der Waals surface area contributed by atoms with Gasteiger partial charge in [-0.2, -0.15) is 0 Å². The van der Waals surface area contributed by atoms with Crippen LogP contribution in [-0.2, 0) is 5.60 Å². The number of piperidine rings is 1. The highest BCUT2D eigenvalue weighted by atomic mass is 16.3. The van der Waals surface area contributed by atoms with Gasteiger partial charge in [-0.1, -0.05) is 31.2 Å². The molecule has 17 heavy (non-hydrogen) atoms. The van der Waals surface area contributed by atoms with Crippen molar-refractivity contribution in [1.82, 2.24) is 4.90 Å². The van der Waals surface area contributed by atoms with Gasteiger partial charge in [-0.15, -0.1) is 0 Å². The molecule has 1 N–H and O–H groups in total. The van der Waals surface area contributed by atoms with Crippen molar-refractivity contribution in [2.75, 3.05) is 19.6 Å². The normalized spacial score (nSPS) is 20.4. The van der Waals surface area contributed by atoms with Crippen molar-refractivity contribution in [3.63, 3.8) is 0 Å². The molecule has 0 saturated carbocycles. The van der Waals surface area contributed by atoms with Crippen molar-refractivity contribution in [2.45, 2.75) is 38.7 Å². The minimum absolute atomic E-state index is 0.602. The van der Waals surface area contributed by atoms with Gasteiger partial charge in [0.15, 0.2) is 0 Å². The van der Waals surface area contributed by atoms with Gasteiger partial charge in [0.1, 0.15) is 0 Å². The number of aryl methyl sites for hydroxylation is 1. The first-order valence-corrected chi connectivity index (χ1v) is 6.66. The van der Waals surface area contributed by atoms with Crippen molar-refractivity contribution >= 4 is 0 Å². The molecule has 0 unspecified atom stereocenters. The second-order valence-corrected chi connectivity index (χ2v) is 5.19. The Labute approximate surface area is 104 Å². The first kappa shape index (κ1) is 12.6. The van der Waals surface area contributed by atoms with Crippen molar-refractivity contribution in [3.8, 4) is 0 Å². The van der Waals surface area contributed by atoms with E-state index in [2.05, 4.69) is 30.9 Å². The monoisotopic (exact) mass is 233 g/mol. The lowest BCUT2D eigenvalue weighted by Gasteiger charge is -2.39. The molecule has 2 nitrogen and oxygen atoms in total. The van der Waals surface area contributed by atoms with Crippen molar-refractivity contribution < 1.29 is 5.11 Å². The lowest BCUT2D eigenvalue weighted by molar-refractivity contribution is -0.0262. The molecule has 1 aliphatic heterocycles. The molecular formula is C15H23NO. The Morgan fingerprint density at radius 2 is 1.88 bits per heavy atom. The van der Waals surface area contributed by atoms with Crippen LogP contribution in [0.3, 0.4) is 0 Å². The van der Waals surface area contributed by atoms with Crippen LogP contribution in [0.1, 0.15) is 37.3 Å². The lowest BCUT2D eigenvalue weighted by Crippen LogP contribution is -2.43. The first-order valence-electron chi connectivity index (χ1n) is 6.66. The zero-order valence-corrected chi connectivity index (χ0v) is 10.9. The Balaban J connectivity index is 2.10. The number of rotatable bonds is 3. The molecule has 2 heteroatoms. The minimum Gasteiger partial charge on any atom is -0.385 e. The molecule has 94 valence electrons. The van der Waals surface area contributed by atoms with E-state index in [9.17, 15) is 5.11 Å². The lowest BCUT2D eigenvalue weighted by atomic mass is 9.82. The van der Waals surface area contributed by atoms with E-state index in [1.807, 2.05) is 12.1 Å². The van der Waals surface area contributed by atoms with Gasteiger partial charge < -0.3 is 10.0 Å². The van der Waals surface area contributed by atoms with Crippen LogP contribution in [0.4, 0.5) is 0 Å². The molecule has 1 aromatic rings. The highest BCUT2D eigenvalue weighted by molar-refractivity contribution is 5.31. The fraction of sp³-hybridized carbons (Fsp3) is 0.600. The second kappa shape index (κ2) is 5.19. The molecule has 0 aromatic heterocycles. The van der Waals surface area contributed by atoms with Gasteiger partial charge in [0.2, 0.25) is 0 Å². The Hall–Kier alpha value is -0.860. The van der Waals surface area contributed by atoms with Crippen LogP contribution in [0.5, 0.6) is 0 Å². The van der Waals surface area contributed by atoms with Gasteiger partial charge in [-0.05, 0) is 43.9 Å². The quantitative estimate of drug-likeness (QED) is 0.867. The Morgan fingerprint density at radius 1 is 1.24 bits per heavy atom. The predicted molar refractivity (Wildman–Crippen MR) is 71.0 cm³/mol. The molecule has 1 fully saturated rings. The summed E-state index contributed by atoms with van der Waals surface area (Å²) in [5, 5.41) is 10.8. The molecular weight excluding hydrogens is 210 g/mol. The summed E-state index contributed by atoms with van der Waals surface area (Å²) >= 11 is 0. The molecule has 1 aliphatic rings. The van der Waals surface area contributed by atoms with Crippen LogP contribution in [0.15, 0.2) is 24.3 Å². The largest absolute Gasteiger partial charge is 0.385 e. The van der Waals surface area contributed by atoms with Crippen molar-refractivity contribution in [2.24, 2.45) is 0 Å². The molecule has 1 saturated heterocycles. The average Bonchev–Trinajstić information content (AvgIpc) is 2.33. The third kappa shape index (κ3) is 2.70. The fourth-order valence-electron chi connectivity index (χ4n) is 2.83. The zero-order chi connectivity index (χ0) is 12.3. The van der Waals surface area contributed by atoms with E-state index in [-0.39, 0.29) is 0 Å². The van der Waals surface area contributed by atoms with Crippen LogP contribution < -0.4 is 0 Å². The predicted octanol–water partition coefficient (Wildman–Crippen LogP) is 2.69. The summed E-state index contributed by atoms with van der Waals surface area (Å²) in [6, 6.07) is 8.23. The van der Waals surface area contributed by atoms with Gasteiger partial charge in [0.05, 0.1) is 5.60 Å². The molecule has 0 atom stereocenters. The Bertz CT molecular complexity index is 367.